The summed E-state index contributed by atoms with van der Waals surface area (Å²) in [7, 11) is 1.94. The van der Waals surface area contributed by atoms with Crippen molar-refractivity contribution in [3.63, 3.8) is 0 Å². The predicted molar refractivity (Wildman–Crippen MR) is 72.8 cm³/mol. The molecule has 1 aromatic carbocycles. The smallest absolute Gasteiger partial charge is 0.228 e. The molecule has 2 heterocycles. The molecule has 3 rings (SSSR count). The van der Waals surface area contributed by atoms with Crippen LogP contribution in [-0.4, -0.2) is 9.55 Å². The van der Waals surface area contributed by atoms with Gasteiger partial charge in [0.1, 0.15) is 5.52 Å². The number of hydrogen-bond donors (Lipinski definition) is 1. The van der Waals surface area contributed by atoms with Crippen LogP contribution in [0.25, 0.3) is 21.8 Å². The number of pyridine rings is 1. The molecule has 0 unspecified atom stereocenters. The summed E-state index contributed by atoms with van der Waals surface area (Å²) in [4.78, 5) is 16.1. The average molecular weight is 325 g/mol. The molecule has 0 saturated carbocycles. The van der Waals surface area contributed by atoms with E-state index >= 15 is 0 Å². The summed E-state index contributed by atoms with van der Waals surface area (Å²) >= 11 is 2.11. The minimum Gasteiger partial charge on any atom is -0.395 e. The normalized spacial score (nSPS) is 11.6. The highest BCUT2D eigenvalue weighted by atomic mass is 127. The van der Waals surface area contributed by atoms with E-state index in [9.17, 15) is 4.79 Å². The minimum atomic E-state index is -0.168. The fourth-order valence-electron chi connectivity index (χ4n) is 2.01. The van der Waals surface area contributed by atoms with E-state index in [1.807, 2.05) is 23.9 Å². The van der Waals surface area contributed by atoms with E-state index in [-0.39, 0.29) is 11.1 Å². The van der Waals surface area contributed by atoms with Crippen LogP contribution in [0.2, 0.25) is 0 Å². The predicted octanol–water partition coefficient (Wildman–Crippen LogP) is 1.71. The molecule has 16 heavy (non-hydrogen) atoms. The van der Waals surface area contributed by atoms with Gasteiger partial charge in [-0.05, 0) is 28.7 Å². The lowest BCUT2D eigenvalue weighted by molar-refractivity contribution is 0.953. The summed E-state index contributed by atoms with van der Waals surface area (Å²) in [5.41, 5.74) is 7.37. The van der Waals surface area contributed by atoms with Crippen LogP contribution in [0.1, 0.15) is 0 Å². The zero-order valence-corrected chi connectivity index (χ0v) is 10.6. The number of hydrogen-bond acceptors (Lipinski definition) is 3. The first-order valence-corrected chi connectivity index (χ1v) is 5.83. The maximum Gasteiger partial charge on any atom is 0.228 e. The molecular weight excluding hydrogens is 317 g/mol. The first-order chi connectivity index (χ1) is 7.61. The van der Waals surface area contributed by atoms with Gasteiger partial charge in [0, 0.05) is 30.2 Å². The Labute approximate surface area is 105 Å². The second kappa shape index (κ2) is 3.07. The number of benzene rings is 1. The molecule has 0 aliphatic heterocycles. The zero-order chi connectivity index (χ0) is 11.4. The van der Waals surface area contributed by atoms with E-state index < -0.39 is 0 Å². The fourth-order valence-corrected chi connectivity index (χ4v) is 2.90. The third kappa shape index (κ3) is 1.03. The van der Waals surface area contributed by atoms with Crippen molar-refractivity contribution in [2.24, 2.45) is 7.05 Å². The van der Waals surface area contributed by atoms with Crippen LogP contribution in [0.4, 0.5) is 5.69 Å². The second-order valence-corrected chi connectivity index (χ2v) is 4.85. The molecule has 80 valence electrons. The molecule has 0 radical (unpaired) electrons. The van der Waals surface area contributed by atoms with Gasteiger partial charge in [0.2, 0.25) is 5.43 Å². The minimum absolute atomic E-state index is 0.168. The third-order valence-corrected chi connectivity index (χ3v) is 3.92. The van der Waals surface area contributed by atoms with Crippen LogP contribution in [0.5, 0.6) is 0 Å². The van der Waals surface area contributed by atoms with Gasteiger partial charge in [-0.25, -0.2) is 0 Å². The quantitative estimate of drug-likeness (QED) is 0.506. The lowest BCUT2D eigenvalue weighted by Crippen LogP contribution is -2.12. The van der Waals surface area contributed by atoms with Crippen molar-refractivity contribution in [1.29, 1.82) is 0 Å². The van der Waals surface area contributed by atoms with Gasteiger partial charge < -0.3 is 10.3 Å². The van der Waals surface area contributed by atoms with Gasteiger partial charge in [0.05, 0.1) is 14.8 Å². The number of aromatic nitrogens is 2. The van der Waals surface area contributed by atoms with Crippen LogP contribution in [-0.2, 0) is 7.05 Å². The molecule has 0 fully saturated rings. The molecule has 0 saturated heterocycles. The standard InChI is InChI=1S/C11H8IN3O/c1-15-3-2-5-4-14-9-6(5)10(15)7(12)8(13)11(9)16/h2-4H,13H2,1H3. The molecule has 2 N–H and O–H groups in total. The molecule has 2 aromatic heterocycles. The molecule has 4 nitrogen and oxygen atoms in total. The fraction of sp³-hybridized carbons (Fsp3) is 0.0909. The zero-order valence-electron chi connectivity index (χ0n) is 8.49. The van der Waals surface area contributed by atoms with Gasteiger partial charge in [0.15, 0.2) is 0 Å². The number of nitrogen functional groups attached to an aromatic ring is 1. The Kier molecular flexibility index (Phi) is 1.88. The summed E-state index contributed by atoms with van der Waals surface area (Å²) in [5, 5.41) is 1.90. The van der Waals surface area contributed by atoms with Crippen molar-refractivity contribution < 1.29 is 0 Å². The van der Waals surface area contributed by atoms with Crippen molar-refractivity contribution >= 4 is 50.1 Å². The summed E-state index contributed by atoms with van der Waals surface area (Å²) in [6.07, 6.45) is 3.67. The Balaban J connectivity index is 2.81. The van der Waals surface area contributed by atoms with Crippen molar-refractivity contribution in [1.82, 2.24) is 9.55 Å². The maximum atomic E-state index is 11.9. The Morgan fingerprint density at radius 1 is 1.50 bits per heavy atom. The largest absolute Gasteiger partial charge is 0.395 e. The number of anilines is 1. The number of nitrogens with two attached hydrogens (primary N) is 1. The summed E-state index contributed by atoms with van der Waals surface area (Å²) in [5.74, 6) is 0. The highest BCUT2D eigenvalue weighted by molar-refractivity contribution is 14.1. The molecule has 3 aromatic rings. The van der Waals surface area contributed by atoms with Crippen LogP contribution >= 0.6 is 22.6 Å². The molecule has 0 amide bonds. The van der Waals surface area contributed by atoms with E-state index in [2.05, 4.69) is 27.6 Å². The average Bonchev–Trinajstić information content (AvgIpc) is 2.68. The number of halogens is 1. The van der Waals surface area contributed by atoms with Crippen molar-refractivity contribution in [3.05, 3.63) is 32.3 Å². The molecule has 0 atom stereocenters. The van der Waals surface area contributed by atoms with Gasteiger partial charge in [-0.2, -0.15) is 0 Å². The van der Waals surface area contributed by atoms with Gasteiger partial charge in [-0.15, -0.1) is 0 Å². The van der Waals surface area contributed by atoms with Crippen LogP contribution in [0.3, 0.4) is 0 Å². The molecule has 0 bridgehead atoms. The van der Waals surface area contributed by atoms with E-state index in [0.29, 0.717) is 5.52 Å². The Morgan fingerprint density at radius 3 is 3.00 bits per heavy atom. The number of rotatable bonds is 0. The summed E-state index contributed by atoms with van der Waals surface area (Å²) < 4.78 is 2.77. The molecule has 5 heteroatoms. The third-order valence-electron chi connectivity index (χ3n) is 2.83. The van der Waals surface area contributed by atoms with Gasteiger partial charge in [-0.1, -0.05) is 0 Å². The highest BCUT2D eigenvalue weighted by Crippen LogP contribution is 2.29. The number of nitrogens with zero attached hydrogens (tertiary/aromatic N) is 2. The summed E-state index contributed by atoms with van der Waals surface area (Å²) in [6, 6.07) is 1.95. The van der Waals surface area contributed by atoms with Crippen LogP contribution < -0.4 is 11.2 Å². The molecule has 0 aliphatic rings. The summed E-state index contributed by atoms with van der Waals surface area (Å²) in [6.45, 7) is 0. The van der Waals surface area contributed by atoms with Gasteiger partial charge in [-0.3, -0.25) is 9.78 Å². The topological polar surface area (TPSA) is 60.9 Å². The van der Waals surface area contributed by atoms with Crippen molar-refractivity contribution in [3.8, 4) is 0 Å². The van der Waals surface area contributed by atoms with E-state index in [1.54, 1.807) is 6.20 Å². The lowest BCUT2D eigenvalue weighted by atomic mass is 10.1. The second-order valence-electron chi connectivity index (χ2n) is 3.77. The first kappa shape index (κ1) is 9.83. The lowest BCUT2D eigenvalue weighted by Gasteiger charge is -2.08. The first-order valence-electron chi connectivity index (χ1n) is 4.75. The van der Waals surface area contributed by atoms with E-state index in [1.165, 1.54) is 0 Å². The SMILES string of the molecule is Cn1ccc2cnc3c(=O)c(N)c(I)c1c23. The van der Waals surface area contributed by atoms with Gasteiger partial charge >= 0.3 is 0 Å². The molecule has 0 spiro atoms. The number of aryl methyl sites for hydroxylation is 1. The van der Waals surface area contributed by atoms with Crippen molar-refractivity contribution in [2.75, 3.05) is 5.73 Å². The molecular formula is C11H8IN3O. The Bertz CT molecular complexity index is 763. The van der Waals surface area contributed by atoms with Crippen LogP contribution in [0.15, 0.2) is 23.3 Å². The van der Waals surface area contributed by atoms with Crippen molar-refractivity contribution in [2.45, 2.75) is 0 Å². The van der Waals surface area contributed by atoms with Gasteiger partial charge in [0.25, 0.3) is 0 Å². The maximum absolute atomic E-state index is 11.9. The van der Waals surface area contributed by atoms with E-state index in [4.69, 9.17) is 5.73 Å². The highest BCUT2D eigenvalue weighted by Gasteiger charge is 2.16. The van der Waals surface area contributed by atoms with E-state index in [0.717, 1.165) is 19.9 Å². The Hall–Kier alpha value is -1.37. The Morgan fingerprint density at radius 2 is 2.25 bits per heavy atom. The molecule has 0 aliphatic carbocycles. The van der Waals surface area contributed by atoms with Crippen LogP contribution in [0, 0.1) is 3.57 Å². The monoisotopic (exact) mass is 325 g/mol.